The molecule has 0 aromatic carbocycles. The Kier molecular flexibility index (Phi) is 4.60. The van der Waals surface area contributed by atoms with Crippen LogP contribution in [0, 0.1) is 16.7 Å². The predicted octanol–water partition coefficient (Wildman–Crippen LogP) is 1.74. The minimum Gasteiger partial charge on any atom is -0.481 e. The molecule has 112 valence electrons. The second-order valence-corrected chi connectivity index (χ2v) is 6.42. The lowest BCUT2D eigenvalue weighted by Crippen LogP contribution is -2.48. The van der Waals surface area contributed by atoms with Crippen molar-refractivity contribution in [1.29, 1.82) is 5.26 Å². The first-order valence-corrected chi connectivity index (χ1v) is 7.56. The zero-order valence-corrected chi connectivity index (χ0v) is 12.6. The number of anilines is 1. The molecule has 1 amide bonds. The zero-order valence-electron chi connectivity index (χ0n) is 11.8. The molecule has 0 saturated carbocycles. The molecule has 1 saturated heterocycles. The highest BCUT2D eigenvalue weighted by Gasteiger charge is 2.38. The summed E-state index contributed by atoms with van der Waals surface area (Å²) in [6.45, 7) is 2.94. The lowest BCUT2D eigenvalue weighted by molar-refractivity contribution is -0.151. The van der Waals surface area contributed by atoms with Crippen LogP contribution >= 0.6 is 11.3 Å². The van der Waals surface area contributed by atoms with Crippen LogP contribution in [-0.4, -0.2) is 41.5 Å². The summed E-state index contributed by atoms with van der Waals surface area (Å²) in [7, 11) is 0. The van der Waals surface area contributed by atoms with Gasteiger partial charge in [0.15, 0.2) is 0 Å². The van der Waals surface area contributed by atoms with Gasteiger partial charge in [-0.2, -0.15) is 5.26 Å². The van der Waals surface area contributed by atoms with Crippen molar-refractivity contribution >= 4 is 28.2 Å². The average Bonchev–Trinajstić information content (AvgIpc) is 2.85. The fourth-order valence-corrected chi connectivity index (χ4v) is 3.27. The highest BCUT2D eigenvalue weighted by Crippen LogP contribution is 2.29. The number of nitriles is 1. The van der Waals surface area contributed by atoms with Crippen molar-refractivity contribution in [3.05, 3.63) is 17.0 Å². The molecule has 1 aliphatic heterocycles. The van der Waals surface area contributed by atoms with Gasteiger partial charge in [0.25, 0.3) is 0 Å². The third-order valence-corrected chi connectivity index (χ3v) is 4.53. The highest BCUT2D eigenvalue weighted by atomic mass is 32.1. The molecule has 1 aromatic rings. The van der Waals surface area contributed by atoms with Crippen molar-refractivity contribution in [2.75, 3.05) is 25.0 Å². The van der Waals surface area contributed by atoms with Crippen molar-refractivity contribution in [2.45, 2.75) is 19.8 Å². The molecule has 2 rings (SSSR count). The third kappa shape index (κ3) is 3.60. The quantitative estimate of drug-likeness (QED) is 0.884. The van der Waals surface area contributed by atoms with E-state index in [-0.39, 0.29) is 12.5 Å². The van der Waals surface area contributed by atoms with E-state index in [4.69, 9.17) is 5.26 Å². The third-order valence-electron chi connectivity index (χ3n) is 3.70. The Hall–Kier alpha value is -1.91. The summed E-state index contributed by atoms with van der Waals surface area (Å²) in [6.07, 6.45) is 1.39. The topological polar surface area (TPSA) is 93.4 Å². The van der Waals surface area contributed by atoms with Gasteiger partial charge in [-0.15, -0.1) is 11.3 Å². The maximum Gasteiger partial charge on any atom is 0.310 e. The highest BCUT2D eigenvalue weighted by molar-refractivity contribution is 7.14. The van der Waals surface area contributed by atoms with Crippen molar-refractivity contribution in [2.24, 2.45) is 5.41 Å². The van der Waals surface area contributed by atoms with E-state index in [1.54, 1.807) is 18.4 Å². The van der Waals surface area contributed by atoms with Crippen LogP contribution in [0.5, 0.6) is 0 Å². The van der Waals surface area contributed by atoms with E-state index >= 15 is 0 Å². The van der Waals surface area contributed by atoms with Crippen LogP contribution in [0.1, 0.15) is 25.3 Å². The SMILES string of the molecule is CC1(C(=O)O)CCCN(CC(=O)Nc2sccc2C#N)C1. The summed E-state index contributed by atoms with van der Waals surface area (Å²) in [5, 5.41) is 23.2. The fourth-order valence-electron chi connectivity index (χ4n) is 2.52. The van der Waals surface area contributed by atoms with Gasteiger partial charge in [0.1, 0.15) is 11.1 Å². The molecule has 1 unspecified atom stereocenters. The molecule has 1 atom stereocenters. The van der Waals surface area contributed by atoms with E-state index in [1.807, 2.05) is 11.0 Å². The van der Waals surface area contributed by atoms with Crippen molar-refractivity contribution < 1.29 is 14.7 Å². The van der Waals surface area contributed by atoms with Crippen LogP contribution < -0.4 is 5.32 Å². The smallest absolute Gasteiger partial charge is 0.310 e. The van der Waals surface area contributed by atoms with Gasteiger partial charge in [-0.25, -0.2) is 0 Å². The monoisotopic (exact) mass is 307 g/mol. The van der Waals surface area contributed by atoms with Gasteiger partial charge in [0.2, 0.25) is 5.91 Å². The molecule has 1 fully saturated rings. The van der Waals surface area contributed by atoms with Gasteiger partial charge in [-0.1, -0.05) is 0 Å². The molecule has 0 bridgehead atoms. The maximum atomic E-state index is 12.0. The molecule has 0 radical (unpaired) electrons. The Balaban J connectivity index is 1.94. The number of piperidine rings is 1. The number of aliphatic carboxylic acids is 1. The van der Waals surface area contributed by atoms with E-state index in [0.29, 0.717) is 30.1 Å². The van der Waals surface area contributed by atoms with Crippen LogP contribution in [0.15, 0.2) is 11.4 Å². The van der Waals surface area contributed by atoms with E-state index < -0.39 is 11.4 Å². The van der Waals surface area contributed by atoms with Gasteiger partial charge in [0.05, 0.1) is 17.5 Å². The first-order chi connectivity index (χ1) is 9.94. The normalized spacial score (nSPS) is 22.5. The number of hydrogen-bond donors (Lipinski definition) is 2. The lowest BCUT2D eigenvalue weighted by Gasteiger charge is -2.37. The van der Waals surface area contributed by atoms with Gasteiger partial charge >= 0.3 is 5.97 Å². The summed E-state index contributed by atoms with van der Waals surface area (Å²) < 4.78 is 0. The molecule has 0 spiro atoms. The lowest BCUT2D eigenvalue weighted by atomic mass is 9.82. The van der Waals surface area contributed by atoms with Gasteiger partial charge in [-0.05, 0) is 37.8 Å². The van der Waals surface area contributed by atoms with Crippen LogP contribution in [0.2, 0.25) is 0 Å². The minimum atomic E-state index is -0.822. The van der Waals surface area contributed by atoms with E-state index in [9.17, 15) is 14.7 Å². The van der Waals surface area contributed by atoms with Crippen LogP contribution in [0.25, 0.3) is 0 Å². The second-order valence-electron chi connectivity index (χ2n) is 5.50. The molecule has 1 aromatic heterocycles. The number of likely N-dealkylation sites (tertiary alicyclic amines) is 1. The van der Waals surface area contributed by atoms with Crippen LogP contribution in [0.3, 0.4) is 0 Å². The number of carbonyl (C=O) groups excluding carboxylic acids is 1. The summed E-state index contributed by atoms with van der Waals surface area (Å²) in [5.41, 5.74) is -0.346. The molecule has 2 heterocycles. The summed E-state index contributed by atoms with van der Waals surface area (Å²) >= 11 is 1.30. The zero-order chi connectivity index (χ0) is 15.5. The van der Waals surface area contributed by atoms with Gasteiger partial charge in [-0.3, -0.25) is 14.5 Å². The molecule has 1 aliphatic rings. The fraction of sp³-hybridized carbons (Fsp3) is 0.500. The largest absolute Gasteiger partial charge is 0.481 e. The van der Waals surface area contributed by atoms with Crippen molar-refractivity contribution in [3.8, 4) is 6.07 Å². The first-order valence-electron chi connectivity index (χ1n) is 6.68. The molecule has 21 heavy (non-hydrogen) atoms. The number of carboxylic acid groups (broad SMARTS) is 1. The van der Waals surface area contributed by atoms with Crippen molar-refractivity contribution in [1.82, 2.24) is 4.90 Å². The van der Waals surface area contributed by atoms with E-state index in [0.717, 1.165) is 6.42 Å². The Morgan fingerprint density at radius 3 is 3.05 bits per heavy atom. The standard InChI is InChI=1S/C14H17N3O3S/c1-14(13(19)20)4-2-5-17(9-14)8-11(18)16-12-10(7-15)3-6-21-12/h3,6H,2,4-5,8-9H2,1H3,(H,16,18)(H,19,20). The summed E-state index contributed by atoms with van der Waals surface area (Å²) in [5.74, 6) is -1.04. The Labute approximate surface area is 127 Å². The summed E-state index contributed by atoms with van der Waals surface area (Å²) in [6, 6.07) is 3.67. The number of amides is 1. The Morgan fingerprint density at radius 1 is 1.62 bits per heavy atom. The molecule has 0 aliphatic carbocycles. The second kappa shape index (κ2) is 6.24. The van der Waals surface area contributed by atoms with E-state index in [1.165, 1.54) is 11.3 Å². The predicted molar refractivity (Wildman–Crippen MR) is 79.1 cm³/mol. The molecule has 7 heteroatoms. The first kappa shape index (κ1) is 15.5. The van der Waals surface area contributed by atoms with Crippen molar-refractivity contribution in [3.63, 3.8) is 0 Å². The number of nitrogens with zero attached hydrogens (tertiary/aromatic N) is 2. The molecular weight excluding hydrogens is 290 g/mol. The summed E-state index contributed by atoms with van der Waals surface area (Å²) in [4.78, 5) is 25.2. The number of carboxylic acids is 1. The van der Waals surface area contributed by atoms with Gasteiger partial charge in [0, 0.05) is 6.54 Å². The molecular formula is C14H17N3O3S. The number of thiophene rings is 1. The molecule has 6 nitrogen and oxygen atoms in total. The van der Waals surface area contributed by atoms with Crippen LogP contribution in [-0.2, 0) is 9.59 Å². The minimum absolute atomic E-state index is 0.144. The maximum absolute atomic E-state index is 12.0. The Morgan fingerprint density at radius 2 is 2.38 bits per heavy atom. The Bertz CT molecular complexity index is 593. The number of rotatable bonds is 4. The number of hydrogen-bond acceptors (Lipinski definition) is 5. The van der Waals surface area contributed by atoms with Gasteiger partial charge < -0.3 is 10.4 Å². The van der Waals surface area contributed by atoms with Crippen LogP contribution in [0.4, 0.5) is 5.00 Å². The average molecular weight is 307 g/mol. The number of carbonyl (C=O) groups is 2. The number of nitrogens with one attached hydrogen (secondary N) is 1. The molecule has 2 N–H and O–H groups in total. The van der Waals surface area contributed by atoms with E-state index in [2.05, 4.69) is 5.32 Å².